The quantitative estimate of drug-likeness (QED) is 0.732. The molecule has 0 atom stereocenters. The summed E-state index contributed by atoms with van der Waals surface area (Å²) >= 11 is 0. The number of nitrogens with zero attached hydrogens (tertiary/aromatic N) is 2. The fourth-order valence-electron chi connectivity index (χ4n) is 3.26. The van der Waals surface area contributed by atoms with E-state index < -0.39 is 0 Å². The van der Waals surface area contributed by atoms with Crippen LogP contribution in [0.1, 0.15) is 52.4 Å². The summed E-state index contributed by atoms with van der Waals surface area (Å²) in [6.45, 7) is 7.71. The Morgan fingerprint density at radius 1 is 1.00 bits per heavy atom. The largest absolute Gasteiger partial charge is 0.372 e. The van der Waals surface area contributed by atoms with Gasteiger partial charge >= 0.3 is 0 Å². The lowest BCUT2D eigenvalue weighted by atomic mass is 10.1. The second kappa shape index (κ2) is 10.1. The van der Waals surface area contributed by atoms with Gasteiger partial charge in [-0.2, -0.15) is 0 Å². The Labute approximate surface area is 151 Å². The van der Waals surface area contributed by atoms with E-state index in [0.717, 1.165) is 31.6 Å². The normalized spacial score (nSPS) is 14.2. The SMILES string of the molecule is CCCN(CCC)C(=O)CC(=O)Nc1ccc(N2CCCCC2)cc1. The van der Waals surface area contributed by atoms with Crippen molar-refractivity contribution in [1.82, 2.24) is 4.90 Å². The molecule has 1 saturated heterocycles. The van der Waals surface area contributed by atoms with E-state index in [2.05, 4.69) is 10.2 Å². The highest BCUT2D eigenvalue weighted by Crippen LogP contribution is 2.21. The van der Waals surface area contributed by atoms with Crippen LogP contribution in [0.25, 0.3) is 0 Å². The molecule has 1 heterocycles. The van der Waals surface area contributed by atoms with Gasteiger partial charge in [0.2, 0.25) is 11.8 Å². The van der Waals surface area contributed by atoms with Crippen molar-refractivity contribution >= 4 is 23.2 Å². The van der Waals surface area contributed by atoms with E-state index in [1.54, 1.807) is 4.90 Å². The second-order valence-electron chi connectivity index (χ2n) is 6.70. The summed E-state index contributed by atoms with van der Waals surface area (Å²) < 4.78 is 0. The van der Waals surface area contributed by atoms with Crippen LogP contribution in [-0.4, -0.2) is 42.9 Å². The molecule has 0 spiro atoms. The van der Waals surface area contributed by atoms with Crippen molar-refractivity contribution in [3.8, 4) is 0 Å². The van der Waals surface area contributed by atoms with Gasteiger partial charge in [-0.3, -0.25) is 9.59 Å². The van der Waals surface area contributed by atoms with Crippen molar-refractivity contribution in [3.63, 3.8) is 0 Å². The maximum absolute atomic E-state index is 12.2. The molecule has 5 heteroatoms. The zero-order valence-electron chi connectivity index (χ0n) is 15.6. The molecule has 1 aromatic rings. The molecule has 25 heavy (non-hydrogen) atoms. The van der Waals surface area contributed by atoms with E-state index in [1.165, 1.54) is 24.9 Å². The van der Waals surface area contributed by atoms with E-state index in [0.29, 0.717) is 13.1 Å². The molecule has 1 N–H and O–H groups in total. The zero-order chi connectivity index (χ0) is 18.1. The van der Waals surface area contributed by atoms with Crippen LogP contribution in [0.2, 0.25) is 0 Å². The van der Waals surface area contributed by atoms with Crippen molar-refractivity contribution in [2.75, 3.05) is 36.4 Å². The summed E-state index contributed by atoms with van der Waals surface area (Å²) in [4.78, 5) is 28.6. The first-order valence-electron chi connectivity index (χ1n) is 9.56. The molecule has 0 aliphatic carbocycles. The van der Waals surface area contributed by atoms with Crippen molar-refractivity contribution in [2.24, 2.45) is 0 Å². The van der Waals surface area contributed by atoms with Gasteiger partial charge in [0.25, 0.3) is 0 Å². The highest BCUT2D eigenvalue weighted by molar-refractivity contribution is 6.03. The van der Waals surface area contributed by atoms with Crippen LogP contribution in [0, 0.1) is 0 Å². The lowest BCUT2D eigenvalue weighted by molar-refractivity contribution is -0.134. The Kier molecular flexibility index (Phi) is 7.76. The van der Waals surface area contributed by atoms with Crippen molar-refractivity contribution in [2.45, 2.75) is 52.4 Å². The van der Waals surface area contributed by atoms with Crippen LogP contribution in [0.4, 0.5) is 11.4 Å². The molecular weight excluding hydrogens is 314 g/mol. The highest BCUT2D eigenvalue weighted by Gasteiger charge is 2.16. The van der Waals surface area contributed by atoms with Gasteiger partial charge in [0.1, 0.15) is 6.42 Å². The summed E-state index contributed by atoms with van der Waals surface area (Å²) in [6.07, 6.45) is 5.52. The Morgan fingerprint density at radius 3 is 2.16 bits per heavy atom. The predicted octanol–water partition coefficient (Wildman–Crippen LogP) is 3.65. The number of carbonyl (C=O) groups is 2. The van der Waals surface area contributed by atoms with Crippen molar-refractivity contribution < 1.29 is 9.59 Å². The van der Waals surface area contributed by atoms with Crippen LogP contribution in [-0.2, 0) is 9.59 Å². The summed E-state index contributed by atoms with van der Waals surface area (Å²) in [6, 6.07) is 7.93. The maximum Gasteiger partial charge on any atom is 0.233 e. The number of piperidine rings is 1. The summed E-state index contributed by atoms with van der Waals surface area (Å²) in [5.41, 5.74) is 1.95. The molecule has 0 radical (unpaired) electrons. The number of benzene rings is 1. The van der Waals surface area contributed by atoms with Crippen LogP contribution in [0.15, 0.2) is 24.3 Å². The smallest absolute Gasteiger partial charge is 0.233 e. The number of anilines is 2. The van der Waals surface area contributed by atoms with Gasteiger partial charge in [0.15, 0.2) is 0 Å². The van der Waals surface area contributed by atoms with E-state index in [9.17, 15) is 9.59 Å². The Balaban J connectivity index is 1.86. The molecule has 2 amide bonds. The van der Waals surface area contributed by atoms with Crippen LogP contribution in [0.3, 0.4) is 0 Å². The number of hydrogen-bond donors (Lipinski definition) is 1. The molecule has 5 nitrogen and oxygen atoms in total. The first kappa shape index (κ1) is 19.3. The monoisotopic (exact) mass is 345 g/mol. The minimum absolute atomic E-state index is 0.0894. The molecule has 0 bridgehead atoms. The van der Waals surface area contributed by atoms with Gasteiger partial charge < -0.3 is 15.1 Å². The molecule has 0 aromatic heterocycles. The first-order valence-corrected chi connectivity index (χ1v) is 9.56. The van der Waals surface area contributed by atoms with Gasteiger partial charge in [-0.1, -0.05) is 13.8 Å². The molecule has 138 valence electrons. The number of hydrogen-bond acceptors (Lipinski definition) is 3. The van der Waals surface area contributed by atoms with Gasteiger partial charge in [-0.05, 0) is 56.4 Å². The Morgan fingerprint density at radius 2 is 1.60 bits per heavy atom. The molecule has 1 aliphatic heterocycles. The fraction of sp³-hybridized carbons (Fsp3) is 0.600. The molecule has 1 aromatic carbocycles. The molecule has 2 rings (SSSR count). The second-order valence-corrected chi connectivity index (χ2v) is 6.70. The Bertz CT molecular complexity index is 545. The summed E-state index contributed by atoms with van der Waals surface area (Å²) in [7, 11) is 0. The standard InChI is InChI=1S/C20H31N3O2/c1-3-12-23(13-4-2)20(25)16-19(24)21-17-8-10-18(11-9-17)22-14-6-5-7-15-22/h8-11H,3-7,12-16H2,1-2H3,(H,21,24). The van der Waals surface area contributed by atoms with Crippen molar-refractivity contribution in [1.29, 1.82) is 0 Å². The molecule has 1 fully saturated rings. The topological polar surface area (TPSA) is 52.7 Å². The van der Waals surface area contributed by atoms with Gasteiger partial charge in [0, 0.05) is 37.6 Å². The van der Waals surface area contributed by atoms with Crippen LogP contribution in [0.5, 0.6) is 0 Å². The third kappa shape index (κ3) is 6.07. The minimum atomic E-state index is -0.243. The Hall–Kier alpha value is -2.04. The third-order valence-electron chi connectivity index (χ3n) is 4.52. The van der Waals surface area contributed by atoms with E-state index in [4.69, 9.17) is 0 Å². The maximum atomic E-state index is 12.2. The average molecular weight is 345 g/mol. The van der Waals surface area contributed by atoms with Gasteiger partial charge in [0.05, 0.1) is 0 Å². The van der Waals surface area contributed by atoms with E-state index in [-0.39, 0.29) is 18.2 Å². The van der Waals surface area contributed by atoms with Crippen LogP contribution >= 0.6 is 0 Å². The van der Waals surface area contributed by atoms with Gasteiger partial charge in [-0.15, -0.1) is 0 Å². The molecule has 0 saturated carbocycles. The van der Waals surface area contributed by atoms with E-state index in [1.807, 2.05) is 38.1 Å². The predicted molar refractivity (Wildman–Crippen MR) is 103 cm³/mol. The first-order chi connectivity index (χ1) is 12.1. The van der Waals surface area contributed by atoms with Gasteiger partial charge in [-0.25, -0.2) is 0 Å². The van der Waals surface area contributed by atoms with Crippen molar-refractivity contribution in [3.05, 3.63) is 24.3 Å². The zero-order valence-corrected chi connectivity index (χ0v) is 15.6. The minimum Gasteiger partial charge on any atom is -0.372 e. The summed E-state index contributed by atoms with van der Waals surface area (Å²) in [5.74, 6) is -0.334. The number of nitrogens with one attached hydrogen (secondary N) is 1. The molecule has 0 unspecified atom stereocenters. The average Bonchev–Trinajstić information content (AvgIpc) is 2.63. The van der Waals surface area contributed by atoms with E-state index >= 15 is 0 Å². The van der Waals surface area contributed by atoms with Crippen LogP contribution < -0.4 is 10.2 Å². The number of carbonyl (C=O) groups excluding carboxylic acids is 2. The fourth-order valence-corrected chi connectivity index (χ4v) is 3.26. The molecule has 1 aliphatic rings. The molecular formula is C20H31N3O2. The third-order valence-corrected chi connectivity index (χ3v) is 4.52. The number of rotatable bonds is 8. The highest BCUT2D eigenvalue weighted by atomic mass is 16.2. The lowest BCUT2D eigenvalue weighted by Gasteiger charge is -2.28. The number of amides is 2. The summed E-state index contributed by atoms with van der Waals surface area (Å²) in [5, 5.41) is 2.84. The lowest BCUT2D eigenvalue weighted by Crippen LogP contribution is -2.35.